The Morgan fingerprint density at radius 2 is 1.35 bits per heavy atom. The summed E-state index contributed by atoms with van der Waals surface area (Å²) in [6.45, 7) is 6.65. The number of para-hydroxylation sites is 1. The van der Waals surface area contributed by atoms with E-state index in [1.54, 1.807) is 4.57 Å². The number of rotatable bonds is 9. The van der Waals surface area contributed by atoms with Crippen molar-refractivity contribution in [1.29, 1.82) is 0 Å². The molecule has 202 valence electrons. The lowest BCUT2D eigenvalue weighted by molar-refractivity contribution is 0.0640. The second kappa shape index (κ2) is 12.1. The molecule has 1 unspecified atom stereocenters. The van der Waals surface area contributed by atoms with Crippen molar-refractivity contribution >= 4 is 16.8 Å². The highest BCUT2D eigenvalue weighted by atomic mass is 16.2. The fourth-order valence-electron chi connectivity index (χ4n) is 5.20. The molecular formula is C35H35N3O2. The van der Waals surface area contributed by atoms with Gasteiger partial charge in [-0.3, -0.25) is 14.2 Å². The lowest BCUT2D eigenvalue weighted by Crippen LogP contribution is -2.38. The summed E-state index contributed by atoms with van der Waals surface area (Å²) in [6, 6.07) is 32.8. The Hall–Kier alpha value is -4.51. The van der Waals surface area contributed by atoms with E-state index in [2.05, 4.69) is 13.8 Å². The summed E-state index contributed by atoms with van der Waals surface area (Å²) in [7, 11) is 0. The number of aryl methyl sites for hydroxylation is 2. The molecule has 0 radical (unpaired) electrons. The van der Waals surface area contributed by atoms with Crippen LogP contribution < -0.4 is 5.56 Å². The van der Waals surface area contributed by atoms with Gasteiger partial charge in [-0.25, -0.2) is 4.98 Å². The first-order valence-corrected chi connectivity index (χ1v) is 14.1. The molecule has 0 aliphatic carbocycles. The third-order valence-electron chi connectivity index (χ3n) is 7.53. The first-order chi connectivity index (χ1) is 19.5. The molecule has 0 saturated heterocycles. The van der Waals surface area contributed by atoms with Gasteiger partial charge >= 0.3 is 0 Å². The molecule has 0 aliphatic heterocycles. The Kier molecular flexibility index (Phi) is 8.20. The number of hydrogen-bond acceptors (Lipinski definition) is 3. The molecule has 5 heteroatoms. The Bertz CT molecular complexity index is 1660. The Labute approximate surface area is 235 Å². The van der Waals surface area contributed by atoms with E-state index in [0.29, 0.717) is 35.3 Å². The molecule has 5 rings (SSSR count). The highest BCUT2D eigenvalue weighted by molar-refractivity contribution is 5.94. The first kappa shape index (κ1) is 27.1. The molecule has 0 saturated carbocycles. The summed E-state index contributed by atoms with van der Waals surface area (Å²) in [4.78, 5) is 35.2. The monoisotopic (exact) mass is 529 g/mol. The van der Waals surface area contributed by atoms with Gasteiger partial charge in [-0.05, 0) is 72.4 Å². The predicted molar refractivity (Wildman–Crippen MR) is 162 cm³/mol. The second-order valence-corrected chi connectivity index (χ2v) is 10.0. The SMILES string of the molecule is CCc1ccc(C(=O)N(Cc2ccccc2)C(CC)c2nc3ccccc3c(=O)n2-c2ccc(CC)cc2)cc1. The van der Waals surface area contributed by atoms with E-state index in [1.807, 2.05) is 115 Å². The van der Waals surface area contributed by atoms with Crippen molar-refractivity contribution in [2.45, 2.75) is 52.6 Å². The van der Waals surface area contributed by atoms with Crippen LogP contribution in [0.4, 0.5) is 0 Å². The topological polar surface area (TPSA) is 55.2 Å². The zero-order chi connectivity index (χ0) is 28.1. The minimum atomic E-state index is -0.443. The van der Waals surface area contributed by atoms with Crippen molar-refractivity contribution in [2.75, 3.05) is 0 Å². The molecule has 0 spiro atoms. The maximum atomic E-state index is 14.2. The van der Waals surface area contributed by atoms with Crippen molar-refractivity contribution in [3.05, 3.63) is 142 Å². The number of hydrogen-bond donors (Lipinski definition) is 0. The van der Waals surface area contributed by atoms with Crippen LogP contribution in [0.15, 0.2) is 108 Å². The van der Waals surface area contributed by atoms with E-state index in [0.717, 1.165) is 24.1 Å². The van der Waals surface area contributed by atoms with E-state index in [4.69, 9.17) is 4.98 Å². The molecule has 1 amide bonds. The van der Waals surface area contributed by atoms with E-state index >= 15 is 0 Å². The van der Waals surface area contributed by atoms with Crippen molar-refractivity contribution in [3.8, 4) is 5.69 Å². The molecule has 40 heavy (non-hydrogen) atoms. The minimum Gasteiger partial charge on any atom is -0.324 e. The predicted octanol–water partition coefficient (Wildman–Crippen LogP) is 7.30. The highest BCUT2D eigenvalue weighted by Crippen LogP contribution is 2.29. The van der Waals surface area contributed by atoms with Gasteiger partial charge in [0.15, 0.2) is 0 Å². The van der Waals surface area contributed by atoms with E-state index in [1.165, 1.54) is 11.1 Å². The van der Waals surface area contributed by atoms with Crippen LogP contribution in [0.2, 0.25) is 0 Å². The lowest BCUT2D eigenvalue weighted by Gasteiger charge is -2.32. The number of fused-ring (bicyclic) bond motifs is 1. The summed E-state index contributed by atoms with van der Waals surface area (Å²) >= 11 is 0. The molecule has 0 fully saturated rings. The summed E-state index contributed by atoms with van der Waals surface area (Å²) in [5, 5.41) is 0.553. The van der Waals surface area contributed by atoms with Crippen molar-refractivity contribution in [1.82, 2.24) is 14.5 Å². The summed E-state index contributed by atoms with van der Waals surface area (Å²) in [5.41, 5.74) is 5.24. The van der Waals surface area contributed by atoms with E-state index in [9.17, 15) is 9.59 Å². The van der Waals surface area contributed by atoms with Gasteiger partial charge in [-0.2, -0.15) is 0 Å². The highest BCUT2D eigenvalue weighted by Gasteiger charge is 2.30. The Balaban J connectivity index is 1.71. The number of aromatic nitrogens is 2. The Morgan fingerprint density at radius 1 is 0.750 bits per heavy atom. The zero-order valence-corrected chi connectivity index (χ0v) is 23.4. The van der Waals surface area contributed by atoms with Gasteiger partial charge in [0.2, 0.25) is 0 Å². The van der Waals surface area contributed by atoms with Gasteiger partial charge in [-0.1, -0.05) is 87.5 Å². The van der Waals surface area contributed by atoms with E-state index in [-0.39, 0.29) is 11.5 Å². The summed E-state index contributed by atoms with van der Waals surface area (Å²) < 4.78 is 1.70. The van der Waals surface area contributed by atoms with Crippen LogP contribution >= 0.6 is 0 Å². The van der Waals surface area contributed by atoms with Gasteiger partial charge in [0.1, 0.15) is 5.82 Å². The summed E-state index contributed by atoms with van der Waals surface area (Å²) in [5.74, 6) is 0.471. The Morgan fingerprint density at radius 3 is 1.98 bits per heavy atom. The fourth-order valence-corrected chi connectivity index (χ4v) is 5.20. The number of benzene rings is 4. The maximum Gasteiger partial charge on any atom is 0.266 e. The molecular weight excluding hydrogens is 494 g/mol. The lowest BCUT2D eigenvalue weighted by atomic mass is 10.0. The van der Waals surface area contributed by atoms with E-state index < -0.39 is 6.04 Å². The molecule has 4 aromatic carbocycles. The average molecular weight is 530 g/mol. The molecule has 1 atom stereocenters. The van der Waals surface area contributed by atoms with Crippen LogP contribution in [-0.4, -0.2) is 20.4 Å². The van der Waals surface area contributed by atoms with Crippen molar-refractivity contribution < 1.29 is 4.79 Å². The minimum absolute atomic E-state index is 0.0892. The van der Waals surface area contributed by atoms with Crippen molar-refractivity contribution in [3.63, 3.8) is 0 Å². The standard InChI is InChI=1S/C35H35N3O2/c1-4-25-16-20-28(21-17-25)34(39)37(24-27-12-8-7-9-13-27)32(6-3)33-36-31-15-11-10-14-30(31)35(40)38(33)29-22-18-26(5-2)19-23-29/h7-23,32H,4-6,24H2,1-3H3. The third kappa shape index (κ3) is 5.46. The second-order valence-electron chi connectivity index (χ2n) is 10.0. The van der Waals surface area contributed by atoms with Crippen LogP contribution in [0.25, 0.3) is 16.6 Å². The van der Waals surface area contributed by atoms with Crippen LogP contribution in [0, 0.1) is 0 Å². The maximum absolute atomic E-state index is 14.2. The molecule has 0 bridgehead atoms. The average Bonchev–Trinajstić information content (AvgIpc) is 3.01. The molecule has 1 heterocycles. The number of carbonyl (C=O) groups excluding carboxylic acids is 1. The van der Waals surface area contributed by atoms with Gasteiger partial charge in [0.25, 0.3) is 11.5 Å². The zero-order valence-electron chi connectivity index (χ0n) is 23.4. The number of carbonyl (C=O) groups is 1. The number of nitrogens with zero attached hydrogens (tertiary/aromatic N) is 3. The number of amides is 1. The third-order valence-corrected chi connectivity index (χ3v) is 7.53. The van der Waals surface area contributed by atoms with Crippen LogP contribution in [0.1, 0.15) is 66.1 Å². The van der Waals surface area contributed by atoms with Crippen LogP contribution in [-0.2, 0) is 19.4 Å². The summed E-state index contributed by atoms with van der Waals surface area (Å²) in [6.07, 6.45) is 2.40. The van der Waals surface area contributed by atoms with Gasteiger partial charge < -0.3 is 4.90 Å². The van der Waals surface area contributed by atoms with Crippen LogP contribution in [0.3, 0.4) is 0 Å². The smallest absolute Gasteiger partial charge is 0.266 e. The molecule has 0 N–H and O–H groups in total. The molecule has 1 aromatic heterocycles. The van der Waals surface area contributed by atoms with Crippen LogP contribution in [0.5, 0.6) is 0 Å². The molecule has 5 aromatic rings. The largest absolute Gasteiger partial charge is 0.324 e. The van der Waals surface area contributed by atoms with Gasteiger partial charge in [-0.15, -0.1) is 0 Å². The first-order valence-electron chi connectivity index (χ1n) is 14.1. The van der Waals surface area contributed by atoms with Crippen molar-refractivity contribution in [2.24, 2.45) is 0 Å². The van der Waals surface area contributed by atoms with Gasteiger partial charge in [0, 0.05) is 12.1 Å². The normalized spacial score (nSPS) is 11.9. The fraction of sp³-hybridized carbons (Fsp3) is 0.229. The quantitative estimate of drug-likeness (QED) is 0.201. The molecule has 5 nitrogen and oxygen atoms in total. The van der Waals surface area contributed by atoms with Gasteiger partial charge in [0.05, 0.1) is 22.6 Å². The molecule has 0 aliphatic rings.